The molecule has 1 aromatic rings. The Labute approximate surface area is 145 Å². The van der Waals surface area contributed by atoms with E-state index in [9.17, 15) is 9.90 Å². The molecule has 1 aliphatic rings. The van der Waals surface area contributed by atoms with Crippen molar-refractivity contribution < 1.29 is 9.90 Å². The van der Waals surface area contributed by atoms with Crippen LogP contribution in [0.2, 0.25) is 0 Å². The number of aliphatic hydroxyl groups excluding tert-OH is 1. The van der Waals surface area contributed by atoms with Gasteiger partial charge in [-0.2, -0.15) is 0 Å². The minimum atomic E-state index is -0.414. The van der Waals surface area contributed by atoms with Gasteiger partial charge in [0.25, 0.3) is 0 Å². The third-order valence-corrected chi connectivity index (χ3v) is 4.80. The maximum absolute atomic E-state index is 11.8. The molecule has 1 saturated heterocycles. The molecule has 134 valence electrons. The van der Waals surface area contributed by atoms with Crippen LogP contribution in [0, 0.1) is 5.92 Å². The highest BCUT2D eigenvalue weighted by Crippen LogP contribution is 2.21. The molecule has 1 atom stereocenters. The monoisotopic (exact) mass is 333 g/mol. The van der Waals surface area contributed by atoms with Crippen LogP contribution in [0.1, 0.15) is 24.5 Å². The molecule has 0 saturated carbocycles. The summed E-state index contributed by atoms with van der Waals surface area (Å²) in [6.07, 6.45) is 1.84. The van der Waals surface area contributed by atoms with Crippen LogP contribution in [0.3, 0.4) is 0 Å². The average Bonchev–Trinajstić information content (AvgIpc) is 2.57. The van der Waals surface area contributed by atoms with Crippen LogP contribution in [-0.2, 0) is 4.79 Å². The molecule has 0 bridgehead atoms. The third kappa shape index (κ3) is 5.89. The fourth-order valence-electron chi connectivity index (χ4n) is 3.25. The Bertz CT molecular complexity index is 499. The van der Waals surface area contributed by atoms with Crippen LogP contribution in [0.4, 0.5) is 0 Å². The quantitative estimate of drug-likeness (QED) is 0.820. The second-order valence-electron chi connectivity index (χ2n) is 7.16. The number of hydrogen-bond donors (Lipinski definition) is 1. The summed E-state index contributed by atoms with van der Waals surface area (Å²) in [5, 5.41) is 10.3. The van der Waals surface area contributed by atoms with E-state index in [2.05, 4.69) is 9.80 Å². The first-order valence-electron chi connectivity index (χ1n) is 8.79. The van der Waals surface area contributed by atoms with Gasteiger partial charge in [-0.15, -0.1) is 0 Å². The van der Waals surface area contributed by atoms with Crippen LogP contribution in [-0.4, -0.2) is 79.6 Å². The molecule has 24 heavy (non-hydrogen) atoms. The molecule has 1 aromatic carbocycles. The molecule has 5 nitrogen and oxygen atoms in total. The molecule has 5 heteroatoms. The van der Waals surface area contributed by atoms with Crippen molar-refractivity contribution in [2.75, 3.05) is 53.9 Å². The fourth-order valence-corrected chi connectivity index (χ4v) is 3.25. The molecule has 0 aromatic heterocycles. The topological polar surface area (TPSA) is 47.0 Å². The molecule has 1 N–H and O–H groups in total. The second-order valence-corrected chi connectivity index (χ2v) is 7.16. The maximum atomic E-state index is 11.8. The van der Waals surface area contributed by atoms with Gasteiger partial charge >= 0.3 is 0 Å². The summed E-state index contributed by atoms with van der Waals surface area (Å²) in [5.74, 6) is 0.788. The van der Waals surface area contributed by atoms with Gasteiger partial charge in [0.15, 0.2) is 0 Å². The normalized spacial score (nSPS) is 17.9. The number of carbonyl (C=O) groups is 1. The Kier molecular flexibility index (Phi) is 7.21. The van der Waals surface area contributed by atoms with Crippen molar-refractivity contribution in [2.45, 2.75) is 18.9 Å². The first kappa shape index (κ1) is 18.9. The van der Waals surface area contributed by atoms with Crippen LogP contribution >= 0.6 is 0 Å². The van der Waals surface area contributed by atoms with Gasteiger partial charge in [0.2, 0.25) is 5.91 Å². The van der Waals surface area contributed by atoms with Gasteiger partial charge < -0.3 is 14.9 Å². The predicted octanol–water partition coefficient (Wildman–Crippen LogP) is 1.45. The summed E-state index contributed by atoms with van der Waals surface area (Å²) in [7, 11) is 5.62. The van der Waals surface area contributed by atoms with Crippen molar-refractivity contribution in [3.63, 3.8) is 0 Å². The molecular formula is C19H31N3O2. The minimum absolute atomic E-state index is 0.154. The van der Waals surface area contributed by atoms with E-state index in [1.807, 2.05) is 37.4 Å². The molecule has 0 aliphatic carbocycles. The Balaban J connectivity index is 1.70. The van der Waals surface area contributed by atoms with Gasteiger partial charge in [-0.1, -0.05) is 30.3 Å². The molecule has 1 amide bonds. The van der Waals surface area contributed by atoms with Gasteiger partial charge in [-0.3, -0.25) is 9.69 Å². The number of amides is 1. The van der Waals surface area contributed by atoms with Crippen molar-refractivity contribution in [3.05, 3.63) is 35.9 Å². The summed E-state index contributed by atoms with van der Waals surface area (Å²) in [6, 6.07) is 9.87. The number of benzene rings is 1. The summed E-state index contributed by atoms with van der Waals surface area (Å²) in [5.41, 5.74) is 0.988. The van der Waals surface area contributed by atoms with Gasteiger partial charge in [0.05, 0.1) is 12.6 Å². The number of likely N-dealkylation sites (tertiary alicyclic amines) is 1. The van der Waals surface area contributed by atoms with Crippen LogP contribution in [0.25, 0.3) is 0 Å². The SMILES string of the molecule is CN(CC(=O)N(C)C)CC1CCN(C[C@H](O)c2ccccc2)CC1. The standard InChI is InChI=1S/C19H31N3O2/c1-20(2)19(24)15-21(3)13-16-9-11-22(12-10-16)14-18(23)17-7-5-4-6-8-17/h4-8,16,18,23H,9-15H2,1-3H3/t18-/m0/s1. The lowest BCUT2D eigenvalue weighted by atomic mass is 9.95. The summed E-state index contributed by atoms with van der Waals surface area (Å²) < 4.78 is 0. The van der Waals surface area contributed by atoms with Gasteiger partial charge in [-0.05, 0) is 44.5 Å². The van der Waals surface area contributed by atoms with Crippen molar-refractivity contribution >= 4 is 5.91 Å². The highest BCUT2D eigenvalue weighted by atomic mass is 16.3. The Morgan fingerprint density at radius 1 is 1.21 bits per heavy atom. The summed E-state index contributed by atoms with van der Waals surface area (Å²) in [6.45, 7) is 4.19. The number of piperidine rings is 1. The lowest BCUT2D eigenvalue weighted by molar-refractivity contribution is -0.129. The first-order valence-corrected chi connectivity index (χ1v) is 8.79. The predicted molar refractivity (Wildman–Crippen MR) is 96.8 cm³/mol. The van der Waals surface area contributed by atoms with Gasteiger partial charge in [0.1, 0.15) is 0 Å². The largest absolute Gasteiger partial charge is 0.387 e. The molecule has 0 unspecified atom stereocenters. The highest BCUT2D eigenvalue weighted by molar-refractivity contribution is 5.77. The second kappa shape index (κ2) is 9.16. The number of nitrogens with zero attached hydrogens (tertiary/aromatic N) is 3. The van der Waals surface area contributed by atoms with E-state index in [4.69, 9.17) is 0 Å². The van der Waals surface area contributed by atoms with E-state index in [0.29, 0.717) is 19.0 Å². The lowest BCUT2D eigenvalue weighted by Gasteiger charge is -2.34. The van der Waals surface area contributed by atoms with Crippen LogP contribution in [0.5, 0.6) is 0 Å². The Morgan fingerprint density at radius 2 is 1.83 bits per heavy atom. The highest BCUT2D eigenvalue weighted by Gasteiger charge is 2.23. The number of rotatable bonds is 7. The first-order chi connectivity index (χ1) is 11.5. The Morgan fingerprint density at radius 3 is 2.42 bits per heavy atom. The minimum Gasteiger partial charge on any atom is -0.387 e. The van der Waals surface area contributed by atoms with Gasteiger partial charge in [-0.25, -0.2) is 0 Å². The zero-order chi connectivity index (χ0) is 17.5. The molecule has 1 heterocycles. The molecule has 0 radical (unpaired) electrons. The number of likely N-dealkylation sites (N-methyl/N-ethyl adjacent to an activating group) is 2. The smallest absolute Gasteiger partial charge is 0.236 e. The lowest BCUT2D eigenvalue weighted by Crippen LogP contribution is -2.41. The summed E-state index contributed by atoms with van der Waals surface area (Å²) in [4.78, 5) is 17.9. The molecule has 0 spiro atoms. The van der Waals surface area contributed by atoms with Gasteiger partial charge in [0, 0.05) is 27.2 Å². The average molecular weight is 333 g/mol. The zero-order valence-corrected chi connectivity index (χ0v) is 15.2. The number of β-amino-alcohol motifs (C(OH)–C–C–N with tert-alkyl or cyclic N) is 1. The number of carbonyl (C=O) groups excluding carboxylic acids is 1. The number of hydrogen-bond acceptors (Lipinski definition) is 4. The maximum Gasteiger partial charge on any atom is 0.236 e. The molecule has 1 fully saturated rings. The Hall–Kier alpha value is -1.43. The van der Waals surface area contributed by atoms with Crippen molar-refractivity contribution in [2.24, 2.45) is 5.92 Å². The third-order valence-electron chi connectivity index (χ3n) is 4.80. The summed E-state index contributed by atoms with van der Waals surface area (Å²) >= 11 is 0. The molecular weight excluding hydrogens is 302 g/mol. The number of aliphatic hydroxyl groups is 1. The van der Waals surface area contributed by atoms with E-state index in [-0.39, 0.29) is 5.91 Å². The molecule has 1 aliphatic heterocycles. The zero-order valence-electron chi connectivity index (χ0n) is 15.2. The van der Waals surface area contributed by atoms with Crippen molar-refractivity contribution in [1.29, 1.82) is 0 Å². The van der Waals surface area contributed by atoms with E-state index in [0.717, 1.165) is 38.0 Å². The fraction of sp³-hybridized carbons (Fsp3) is 0.632. The van der Waals surface area contributed by atoms with E-state index in [1.54, 1.807) is 19.0 Å². The van der Waals surface area contributed by atoms with Crippen LogP contribution < -0.4 is 0 Å². The van der Waals surface area contributed by atoms with Crippen molar-refractivity contribution in [3.8, 4) is 0 Å². The van der Waals surface area contributed by atoms with Crippen LogP contribution in [0.15, 0.2) is 30.3 Å². The van der Waals surface area contributed by atoms with Crippen molar-refractivity contribution in [1.82, 2.24) is 14.7 Å². The van der Waals surface area contributed by atoms with E-state index in [1.165, 1.54) is 0 Å². The van der Waals surface area contributed by atoms with E-state index < -0.39 is 6.10 Å². The van der Waals surface area contributed by atoms with E-state index >= 15 is 0 Å². The molecule has 2 rings (SSSR count).